The van der Waals surface area contributed by atoms with Crippen molar-refractivity contribution in [3.8, 4) is 0 Å². The lowest BCUT2D eigenvalue weighted by Crippen LogP contribution is -2.54. The monoisotopic (exact) mass is 156 g/mol. The molecule has 1 aliphatic rings. The Balaban J connectivity index is 2.64. The Kier molecular flexibility index (Phi) is 2.58. The first-order chi connectivity index (χ1) is 5.08. The van der Waals surface area contributed by atoms with Gasteiger partial charge in [0.1, 0.15) is 0 Å². The Morgan fingerprint density at radius 3 is 2.36 bits per heavy atom. The molecule has 0 amide bonds. The average molecular weight is 156 g/mol. The van der Waals surface area contributed by atoms with E-state index in [0.29, 0.717) is 0 Å². The van der Waals surface area contributed by atoms with E-state index in [1.807, 2.05) is 0 Å². The predicted molar refractivity (Wildman–Crippen MR) is 49.5 cm³/mol. The normalized spacial score (nSPS) is 37.1. The van der Waals surface area contributed by atoms with E-state index in [1.165, 1.54) is 30.3 Å². The quantitative estimate of drug-likeness (QED) is 0.511. The van der Waals surface area contributed by atoms with Gasteiger partial charge in [-0.1, -0.05) is 13.8 Å². The highest BCUT2D eigenvalue weighted by Gasteiger charge is 2.34. The van der Waals surface area contributed by atoms with Crippen molar-refractivity contribution in [3.63, 3.8) is 0 Å². The fourth-order valence-corrected chi connectivity index (χ4v) is 2.76. The zero-order valence-corrected chi connectivity index (χ0v) is 8.43. The third-order valence-electron chi connectivity index (χ3n) is 3.37. The highest BCUT2D eigenvalue weighted by molar-refractivity contribution is 4.69. The second-order valence-corrected chi connectivity index (χ2v) is 4.60. The standard InChI is InChI=1S/C10H22N/c1-5-10-9(2)7-6-8-11(10,3)4/h9-10H,5-8H2,1-4H3/q+1. The second-order valence-electron chi connectivity index (χ2n) is 4.60. The minimum absolute atomic E-state index is 0.906. The minimum Gasteiger partial charge on any atom is -0.326 e. The van der Waals surface area contributed by atoms with Gasteiger partial charge in [0.15, 0.2) is 0 Å². The van der Waals surface area contributed by atoms with Gasteiger partial charge in [0.2, 0.25) is 0 Å². The summed E-state index contributed by atoms with van der Waals surface area (Å²) in [5.41, 5.74) is 0. The van der Waals surface area contributed by atoms with Crippen LogP contribution in [0.25, 0.3) is 0 Å². The first-order valence-corrected chi connectivity index (χ1v) is 4.90. The molecule has 0 saturated carbocycles. The van der Waals surface area contributed by atoms with Crippen LogP contribution in [0.5, 0.6) is 0 Å². The predicted octanol–water partition coefficient (Wildman–Crippen LogP) is 2.27. The zero-order chi connectivity index (χ0) is 8.48. The lowest BCUT2D eigenvalue weighted by atomic mass is 9.88. The summed E-state index contributed by atoms with van der Waals surface area (Å²) in [6.07, 6.45) is 4.21. The molecule has 2 unspecified atom stereocenters. The Morgan fingerprint density at radius 2 is 2.00 bits per heavy atom. The van der Waals surface area contributed by atoms with E-state index in [4.69, 9.17) is 0 Å². The summed E-state index contributed by atoms with van der Waals surface area (Å²) >= 11 is 0. The van der Waals surface area contributed by atoms with Crippen LogP contribution < -0.4 is 0 Å². The maximum atomic E-state index is 2.41. The van der Waals surface area contributed by atoms with Gasteiger partial charge in [-0.15, -0.1) is 0 Å². The van der Waals surface area contributed by atoms with Crippen LogP contribution in [0.15, 0.2) is 0 Å². The van der Waals surface area contributed by atoms with Crippen molar-refractivity contribution in [2.45, 2.75) is 39.2 Å². The maximum absolute atomic E-state index is 2.41. The van der Waals surface area contributed by atoms with Gasteiger partial charge < -0.3 is 4.48 Å². The van der Waals surface area contributed by atoms with E-state index in [1.54, 1.807) is 0 Å². The van der Waals surface area contributed by atoms with Crippen molar-refractivity contribution in [3.05, 3.63) is 0 Å². The minimum atomic E-state index is 0.906. The number of piperidine rings is 1. The molecule has 0 aliphatic carbocycles. The molecule has 1 heterocycles. The summed E-state index contributed by atoms with van der Waals surface area (Å²) < 4.78 is 1.25. The van der Waals surface area contributed by atoms with Gasteiger partial charge in [-0.05, 0) is 19.3 Å². The summed E-state index contributed by atoms with van der Waals surface area (Å²) in [6, 6.07) is 0.906. The molecule has 0 aromatic rings. The molecule has 1 nitrogen and oxygen atoms in total. The van der Waals surface area contributed by atoms with Crippen LogP contribution in [-0.4, -0.2) is 31.2 Å². The van der Waals surface area contributed by atoms with E-state index < -0.39 is 0 Å². The van der Waals surface area contributed by atoms with Gasteiger partial charge in [-0.2, -0.15) is 0 Å². The van der Waals surface area contributed by atoms with Crippen molar-refractivity contribution < 1.29 is 4.48 Å². The maximum Gasteiger partial charge on any atom is 0.0909 e. The van der Waals surface area contributed by atoms with Crippen LogP contribution in [0.1, 0.15) is 33.1 Å². The molecule has 0 spiro atoms. The molecule has 1 saturated heterocycles. The number of hydrogen-bond acceptors (Lipinski definition) is 0. The molecular formula is C10H22N+. The molecule has 2 atom stereocenters. The molecule has 11 heavy (non-hydrogen) atoms. The highest BCUT2D eigenvalue weighted by Crippen LogP contribution is 2.28. The fraction of sp³-hybridized carbons (Fsp3) is 1.00. The van der Waals surface area contributed by atoms with Gasteiger partial charge >= 0.3 is 0 Å². The number of rotatable bonds is 1. The second kappa shape index (κ2) is 3.14. The molecular weight excluding hydrogens is 134 g/mol. The van der Waals surface area contributed by atoms with Gasteiger partial charge in [0.05, 0.1) is 26.7 Å². The Hall–Kier alpha value is -0.0400. The first kappa shape index (κ1) is 9.05. The van der Waals surface area contributed by atoms with E-state index >= 15 is 0 Å². The van der Waals surface area contributed by atoms with Crippen molar-refractivity contribution >= 4 is 0 Å². The van der Waals surface area contributed by atoms with E-state index in [-0.39, 0.29) is 0 Å². The van der Waals surface area contributed by atoms with Crippen molar-refractivity contribution in [1.82, 2.24) is 0 Å². The zero-order valence-electron chi connectivity index (χ0n) is 8.43. The molecule has 0 N–H and O–H groups in total. The smallest absolute Gasteiger partial charge is 0.0909 e. The van der Waals surface area contributed by atoms with Crippen LogP contribution in [-0.2, 0) is 0 Å². The SMILES string of the molecule is CCC1C(C)CCC[N+]1(C)C. The van der Waals surface area contributed by atoms with Gasteiger partial charge in [-0.3, -0.25) is 0 Å². The van der Waals surface area contributed by atoms with Crippen molar-refractivity contribution in [2.24, 2.45) is 5.92 Å². The number of nitrogens with zero attached hydrogens (tertiary/aromatic N) is 1. The third kappa shape index (κ3) is 1.76. The summed E-state index contributed by atoms with van der Waals surface area (Å²) in [5.74, 6) is 0.934. The summed E-state index contributed by atoms with van der Waals surface area (Å²) in [5, 5.41) is 0. The van der Waals surface area contributed by atoms with E-state index in [9.17, 15) is 0 Å². The first-order valence-electron chi connectivity index (χ1n) is 4.90. The molecule has 1 fully saturated rings. The summed E-state index contributed by atoms with van der Waals surface area (Å²) in [4.78, 5) is 0. The average Bonchev–Trinajstić information content (AvgIpc) is 1.86. The van der Waals surface area contributed by atoms with E-state index in [2.05, 4.69) is 27.9 Å². The fourth-order valence-electron chi connectivity index (χ4n) is 2.76. The molecule has 0 aromatic heterocycles. The number of hydrogen-bond donors (Lipinski definition) is 0. The van der Waals surface area contributed by atoms with Crippen LogP contribution in [0, 0.1) is 5.92 Å². The molecule has 1 aliphatic heterocycles. The number of likely N-dealkylation sites (tertiary alicyclic amines) is 1. The Morgan fingerprint density at radius 1 is 1.36 bits per heavy atom. The molecule has 0 bridgehead atoms. The lowest BCUT2D eigenvalue weighted by molar-refractivity contribution is -0.924. The van der Waals surface area contributed by atoms with Crippen LogP contribution >= 0.6 is 0 Å². The summed E-state index contributed by atoms with van der Waals surface area (Å²) in [6.45, 7) is 6.11. The lowest BCUT2D eigenvalue weighted by Gasteiger charge is -2.44. The van der Waals surface area contributed by atoms with Crippen molar-refractivity contribution in [2.75, 3.05) is 20.6 Å². The highest BCUT2D eigenvalue weighted by atomic mass is 15.3. The topological polar surface area (TPSA) is 0 Å². The Labute approximate surface area is 71.0 Å². The molecule has 66 valence electrons. The largest absolute Gasteiger partial charge is 0.326 e. The molecule has 1 heteroatoms. The molecule has 1 rings (SSSR count). The van der Waals surface area contributed by atoms with Crippen LogP contribution in [0.4, 0.5) is 0 Å². The summed E-state index contributed by atoms with van der Waals surface area (Å²) in [7, 11) is 4.76. The molecule has 0 radical (unpaired) electrons. The van der Waals surface area contributed by atoms with Gasteiger partial charge in [0.25, 0.3) is 0 Å². The van der Waals surface area contributed by atoms with Crippen molar-refractivity contribution in [1.29, 1.82) is 0 Å². The van der Waals surface area contributed by atoms with Gasteiger partial charge in [0, 0.05) is 5.92 Å². The molecule has 0 aromatic carbocycles. The Bertz CT molecular complexity index is 129. The van der Waals surface area contributed by atoms with Gasteiger partial charge in [-0.25, -0.2) is 0 Å². The van der Waals surface area contributed by atoms with E-state index in [0.717, 1.165) is 12.0 Å². The third-order valence-corrected chi connectivity index (χ3v) is 3.37. The number of quaternary nitrogens is 1. The van der Waals surface area contributed by atoms with Crippen LogP contribution in [0.3, 0.4) is 0 Å². The van der Waals surface area contributed by atoms with Crippen LogP contribution in [0.2, 0.25) is 0 Å².